The van der Waals surface area contributed by atoms with Gasteiger partial charge in [-0.2, -0.15) is 0 Å². The van der Waals surface area contributed by atoms with Gasteiger partial charge >= 0.3 is 6.09 Å². The van der Waals surface area contributed by atoms with E-state index in [0.717, 1.165) is 44.8 Å². The van der Waals surface area contributed by atoms with Crippen molar-refractivity contribution in [3.63, 3.8) is 0 Å². The van der Waals surface area contributed by atoms with Gasteiger partial charge in [-0.1, -0.05) is 18.2 Å². The van der Waals surface area contributed by atoms with E-state index in [1.807, 2.05) is 37.8 Å². The normalized spacial score (nSPS) is 24.1. The van der Waals surface area contributed by atoms with Crippen molar-refractivity contribution in [3.05, 3.63) is 29.8 Å². The van der Waals surface area contributed by atoms with Crippen molar-refractivity contribution in [1.82, 2.24) is 9.80 Å². The lowest BCUT2D eigenvalue weighted by Gasteiger charge is -2.48. The molecule has 2 heterocycles. The number of piperidine rings is 1. The van der Waals surface area contributed by atoms with Crippen LogP contribution in [0.15, 0.2) is 24.3 Å². The number of hydrogen-bond donors (Lipinski definition) is 1. The molecule has 184 valence electrons. The van der Waals surface area contributed by atoms with E-state index in [-0.39, 0.29) is 6.09 Å². The van der Waals surface area contributed by atoms with Crippen molar-refractivity contribution < 1.29 is 19.4 Å². The summed E-state index contributed by atoms with van der Waals surface area (Å²) in [6, 6.07) is 8.95. The molecule has 1 aromatic carbocycles. The summed E-state index contributed by atoms with van der Waals surface area (Å²) in [5, 5.41) is 10.0. The Hall–Kier alpha value is -1.79. The molecule has 4 rings (SSSR count). The summed E-state index contributed by atoms with van der Waals surface area (Å²) in [5.74, 6) is 1.41. The summed E-state index contributed by atoms with van der Waals surface area (Å²) < 4.78 is 11.5. The van der Waals surface area contributed by atoms with Gasteiger partial charge in [-0.05, 0) is 97.4 Å². The average Bonchev–Trinajstić information content (AvgIpc) is 3.16. The molecule has 6 heteroatoms. The fourth-order valence-electron chi connectivity index (χ4n) is 5.77. The third-order valence-electron chi connectivity index (χ3n) is 7.37. The molecule has 2 aliphatic heterocycles. The van der Waals surface area contributed by atoms with Crippen LogP contribution in [0.25, 0.3) is 0 Å². The first kappa shape index (κ1) is 24.3. The summed E-state index contributed by atoms with van der Waals surface area (Å²) in [4.78, 5) is 16.9. The predicted molar refractivity (Wildman–Crippen MR) is 130 cm³/mol. The lowest BCUT2D eigenvalue weighted by Crippen LogP contribution is -2.58. The highest BCUT2D eigenvalue weighted by Crippen LogP contribution is 2.48. The molecule has 1 aromatic rings. The largest absolute Gasteiger partial charge is 0.490 e. The summed E-state index contributed by atoms with van der Waals surface area (Å²) in [6.45, 7) is 13.5. The summed E-state index contributed by atoms with van der Waals surface area (Å²) in [7, 11) is 0. The fraction of sp³-hybridized carbons (Fsp3) is 0.741. The van der Waals surface area contributed by atoms with Crippen LogP contribution in [0.3, 0.4) is 0 Å². The highest BCUT2D eigenvalue weighted by Gasteiger charge is 2.51. The molecule has 6 nitrogen and oxygen atoms in total. The second kappa shape index (κ2) is 9.10. The molecule has 2 saturated heterocycles. The molecule has 33 heavy (non-hydrogen) atoms. The van der Waals surface area contributed by atoms with Crippen LogP contribution in [0.5, 0.6) is 5.75 Å². The Labute approximate surface area is 199 Å². The Balaban J connectivity index is 1.27. The lowest BCUT2D eigenvalue weighted by atomic mass is 9.78. The smallest absolute Gasteiger partial charge is 0.410 e. The van der Waals surface area contributed by atoms with Gasteiger partial charge in [0.05, 0.1) is 5.60 Å². The molecule has 0 aromatic heterocycles. The van der Waals surface area contributed by atoms with Crippen LogP contribution >= 0.6 is 0 Å². The van der Waals surface area contributed by atoms with Crippen LogP contribution in [-0.2, 0) is 4.74 Å². The van der Waals surface area contributed by atoms with Gasteiger partial charge in [0.25, 0.3) is 0 Å². The number of likely N-dealkylation sites (tertiary alicyclic amines) is 2. The number of ether oxygens (including phenoxy) is 2. The number of rotatable bonds is 5. The zero-order valence-electron chi connectivity index (χ0n) is 21.1. The number of para-hydroxylation sites is 1. The number of hydrogen-bond acceptors (Lipinski definition) is 5. The van der Waals surface area contributed by atoms with E-state index in [4.69, 9.17) is 9.47 Å². The van der Waals surface area contributed by atoms with Crippen LogP contribution in [0.2, 0.25) is 0 Å². The SMILES string of the molecule is CC(C)(O)COc1ccccc1C1CCN([C@@H]2CCC3(C2)CN(C(=O)OC(C)(C)C)C3)CC1. The van der Waals surface area contributed by atoms with Crippen molar-refractivity contribution in [2.24, 2.45) is 5.41 Å². The maximum atomic E-state index is 12.3. The molecular weight excluding hydrogens is 416 g/mol. The lowest BCUT2D eigenvalue weighted by molar-refractivity contribution is -0.0347. The number of benzene rings is 1. The van der Waals surface area contributed by atoms with Gasteiger partial charge in [-0.15, -0.1) is 0 Å². The van der Waals surface area contributed by atoms with E-state index >= 15 is 0 Å². The molecule has 0 radical (unpaired) electrons. The first-order valence-corrected chi connectivity index (χ1v) is 12.6. The topological polar surface area (TPSA) is 62.2 Å². The van der Waals surface area contributed by atoms with Crippen molar-refractivity contribution in [2.75, 3.05) is 32.8 Å². The maximum absolute atomic E-state index is 12.3. The first-order chi connectivity index (χ1) is 15.4. The van der Waals surface area contributed by atoms with Gasteiger partial charge in [0, 0.05) is 24.5 Å². The van der Waals surface area contributed by atoms with Gasteiger partial charge in [-0.3, -0.25) is 0 Å². The molecule has 1 saturated carbocycles. The summed E-state index contributed by atoms with van der Waals surface area (Å²) in [5.41, 5.74) is 0.308. The van der Waals surface area contributed by atoms with Crippen LogP contribution in [0.1, 0.15) is 78.2 Å². The monoisotopic (exact) mass is 458 g/mol. The van der Waals surface area contributed by atoms with Crippen LogP contribution in [0, 0.1) is 5.41 Å². The van der Waals surface area contributed by atoms with Crippen molar-refractivity contribution in [3.8, 4) is 5.75 Å². The Kier molecular flexibility index (Phi) is 6.71. The molecule has 3 fully saturated rings. The quantitative estimate of drug-likeness (QED) is 0.686. The highest BCUT2D eigenvalue weighted by atomic mass is 16.6. The zero-order chi connectivity index (χ0) is 23.9. The Morgan fingerprint density at radius 3 is 2.39 bits per heavy atom. The number of carbonyl (C=O) groups excluding carboxylic acids is 1. The van der Waals surface area contributed by atoms with Crippen LogP contribution in [0.4, 0.5) is 4.79 Å². The average molecular weight is 459 g/mol. The van der Waals surface area contributed by atoms with Gasteiger partial charge in [0.1, 0.15) is 18.0 Å². The van der Waals surface area contributed by atoms with Crippen LogP contribution < -0.4 is 4.74 Å². The minimum absolute atomic E-state index is 0.164. The summed E-state index contributed by atoms with van der Waals surface area (Å²) in [6.07, 6.45) is 5.75. The Morgan fingerprint density at radius 2 is 1.76 bits per heavy atom. The Bertz CT molecular complexity index is 827. The molecule has 1 amide bonds. The Morgan fingerprint density at radius 1 is 1.09 bits per heavy atom. The standard InChI is InChI=1S/C27H42N2O4/c1-25(2,3)33-24(30)29-17-27(18-29)13-10-21(16-27)28-14-11-20(12-15-28)22-8-6-7-9-23(22)32-19-26(4,5)31/h6-9,20-21,31H,10-19H2,1-5H3/t21-/m1/s1. The number of aliphatic hydroxyl groups is 1. The second-order valence-corrected chi connectivity index (χ2v) is 12.2. The second-order valence-electron chi connectivity index (χ2n) is 12.2. The minimum atomic E-state index is -0.838. The highest BCUT2D eigenvalue weighted by molar-refractivity contribution is 5.69. The molecular formula is C27H42N2O4. The van der Waals surface area contributed by atoms with Gasteiger partial charge < -0.3 is 24.4 Å². The predicted octanol–water partition coefficient (Wildman–Crippen LogP) is 4.81. The summed E-state index contributed by atoms with van der Waals surface area (Å²) >= 11 is 0. The van der Waals surface area contributed by atoms with Crippen LogP contribution in [-0.4, -0.2) is 71.0 Å². The zero-order valence-corrected chi connectivity index (χ0v) is 21.1. The van der Waals surface area contributed by atoms with E-state index in [1.54, 1.807) is 13.8 Å². The van der Waals surface area contributed by atoms with Crippen molar-refractivity contribution in [2.45, 2.75) is 89.9 Å². The fourth-order valence-corrected chi connectivity index (χ4v) is 5.77. The first-order valence-electron chi connectivity index (χ1n) is 12.6. The molecule has 1 spiro atoms. The van der Waals surface area contributed by atoms with Gasteiger partial charge in [0.15, 0.2) is 0 Å². The number of nitrogens with zero attached hydrogens (tertiary/aromatic N) is 2. The third kappa shape index (κ3) is 6.02. The van der Waals surface area contributed by atoms with E-state index in [1.165, 1.54) is 24.8 Å². The van der Waals surface area contributed by atoms with E-state index < -0.39 is 11.2 Å². The van der Waals surface area contributed by atoms with Crippen molar-refractivity contribution in [1.29, 1.82) is 0 Å². The van der Waals surface area contributed by atoms with Gasteiger partial charge in [0.2, 0.25) is 0 Å². The molecule has 3 aliphatic rings. The van der Waals surface area contributed by atoms with E-state index in [0.29, 0.717) is 24.0 Å². The third-order valence-corrected chi connectivity index (χ3v) is 7.37. The van der Waals surface area contributed by atoms with Gasteiger partial charge in [-0.25, -0.2) is 4.79 Å². The minimum Gasteiger partial charge on any atom is -0.490 e. The molecule has 1 N–H and O–H groups in total. The van der Waals surface area contributed by atoms with Crippen molar-refractivity contribution >= 4 is 6.09 Å². The molecule has 1 aliphatic carbocycles. The molecule has 0 bridgehead atoms. The number of carbonyl (C=O) groups is 1. The number of amides is 1. The van der Waals surface area contributed by atoms with E-state index in [2.05, 4.69) is 17.0 Å². The molecule has 0 unspecified atom stereocenters. The van der Waals surface area contributed by atoms with E-state index in [9.17, 15) is 9.90 Å². The maximum Gasteiger partial charge on any atom is 0.410 e. The molecule has 1 atom stereocenters.